The zero-order valence-electron chi connectivity index (χ0n) is 11.7. The molecule has 1 unspecified atom stereocenters. The summed E-state index contributed by atoms with van der Waals surface area (Å²) in [7, 11) is -3.38. The number of ketones is 1. The van der Waals surface area contributed by atoms with Crippen molar-refractivity contribution in [3.05, 3.63) is 48.3 Å². The van der Waals surface area contributed by atoms with Gasteiger partial charge in [-0.05, 0) is 36.7 Å². The van der Waals surface area contributed by atoms with Crippen LogP contribution in [0.3, 0.4) is 0 Å². The van der Waals surface area contributed by atoms with Crippen molar-refractivity contribution in [3.63, 3.8) is 0 Å². The Kier molecular flexibility index (Phi) is 2.38. The molecule has 0 aromatic carbocycles. The molecule has 3 heterocycles. The molecule has 1 atom stereocenters. The number of carbonyl (C=O) groups is 1. The van der Waals surface area contributed by atoms with E-state index in [1.165, 1.54) is 12.5 Å². The standard InChI is InChI=1S/C13H14O4Si/c14-12(10-4-1-7-15-10)13(6-3-9-18-17-13)11-5-2-8-16-11/h1-2,4-5,7-8H,3,6,9,18H2/i18T2. The summed E-state index contributed by atoms with van der Waals surface area (Å²) in [5.74, 6) is 0.122. The van der Waals surface area contributed by atoms with Crippen LogP contribution in [0.2, 0.25) is 6.04 Å². The Labute approximate surface area is 109 Å². The summed E-state index contributed by atoms with van der Waals surface area (Å²) in [6, 6.07) is 6.89. The highest BCUT2D eigenvalue weighted by Crippen LogP contribution is 2.38. The minimum atomic E-state index is -3.38. The summed E-state index contributed by atoms with van der Waals surface area (Å²) in [6.07, 6.45) is 3.86. The van der Waals surface area contributed by atoms with E-state index in [1.54, 1.807) is 24.3 Å². The maximum Gasteiger partial charge on any atom is 0.236 e. The maximum atomic E-state index is 12.7. The third kappa shape index (κ3) is 1.76. The van der Waals surface area contributed by atoms with Crippen LogP contribution >= 0.6 is 0 Å². The Hall–Kier alpha value is -1.59. The van der Waals surface area contributed by atoms with Crippen molar-refractivity contribution in [1.29, 1.82) is 2.47 Å². The molecule has 2 aromatic rings. The molecule has 2 aromatic heterocycles. The van der Waals surface area contributed by atoms with Gasteiger partial charge in [-0.15, -0.1) is 0 Å². The van der Waals surface area contributed by atoms with E-state index in [0.717, 1.165) is 0 Å². The van der Waals surface area contributed by atoms with Gasteiger partial charge in [-0.3, -0.25) is 4.79 Å². The molecule has 3 rings (SSSR count). The van der Waals surface area contributed by atoms with Gasteiger partial charge in [0.15, 0.2) is 21.0 Å². The van der Waals surface area contributed by atoms with E-state index in [0.29, 0.717) is 24.6 Å². The lowest BCUT2D eigenvalue weighted by Crippen LogP contribution is -2.42. The first-order valence-corrected chi connectivity index (χ1v) is 6.98. The SMILES string of the molecule is [3H][Si]1([3H])CCCC(C(=O)c2ccco2)(c2ccco2)O1. The summed E-state index contributed by atoms with van der Waals surface area (Å²) in [4.78, 5) is 12.7. The van der Waals surface area contributed by atoms with Crippen molar-refractivity contribution in [2.45, 2.75) is 24.5 Å². The van der Waals surface area contributed by atoms with E-state index in [9.17, 15) is 4.79 Å². The van der Waals surface area contributed by atoms with Crippen LogP contribution in [-0.4, -0.2) is 17.9 Å². The van der Waals surface area contributed by atoms with E-state index in [2.05, 4.69) is 0 Å². The first-order chi connectivity index (χ1) is 9.54. The van der Waals surface area contributed by atoms with Crippen LogP contribution < -0.4 is 0 Å². The number of hydrogen-bond donors (Lipinski definition) is 0. The Morgan fingerprint density at radius 3 is 2.83 bits per heavy atom. The van der Waals surface area contributed by atoms with Gasteiger partial charge in [-0.25, -0.2) is 0 Å². The lowest BCUT2D eigenvalue weighted by Gasteiger charge is -2.33. The van der Waals surface area contributed by atoms with Gasteiger partial charge >= 0.3 is 0 Å². The van der Waals surface area contributed by atoms with Gasteiger partial charge in [0.2, 0.25) is 5.78 Å². The van der Waals surface area contributed by atoms with Gasteiger partial charge in [0.1, 0.15) is 5.76 Å². The highest BCUT2D eigenvalue weighted by atomic mass is 28.2. The smallest absolute Gasteiger partial charge is 0.236 e. The molecular weight excluding hydrogens is 248 g/mol. The fourth-order valence-corrected chi connectivity index (χ4v) is 3.16. The van der Waals surface area contributed by atoms with Gasteiger partial charge in [0.25, 0.3) is 0 Å². The Morgan fingerprint density at radius 1 is 1.33 bits per heavy atom. The van der Waals surface area contributed by atoms with Gasteiger partial charge in [0.05, 0.1) is 12.5 Å². The summed E-state index contributed by atoms with van der Waals surface area (Å²) >= 11 is 0. The van der Waals surface area contributed by atoms with Crippen LogP contribution in [0.25, 0.3) is 0 Å². The first-order valence-electron chi connectivity index (χ1n) is 6.86. The number of rotatable bonds is 3. The van der Waals surface area contributed by atoms with Crippen molar-refractivity contribution >= 4 is 15.4 Å². The number of Topliss-reactive ketones (excluding diaryl/α,β-unsaturated/α-hetero) is 1. The van der Waals surface area contributed by atoms with Crippen LogP contribution in [0, 0.1) is 0 Å². The van der Waals surface area contributed by atoms with Crippen LogP contribution in [0.1, 0.15) is 29.2 Å². The van der Waals surface area contributed by atoms with E-state index >= 15 is 0 Å². The van der Waals surface area contributed by atoms with Crippen molar-refractivity contribution in [1.82, 2.24) is 0 Å². The molecule has 0 spiro atoms. The molecule has 0 N–H and O–H groups in total. The summed E-state index contributed by atoms with van der Waals surface area (Å²) < 4.78 is 32.1. The second-order valence-corrected chi connectivity index (χ2v) is 5.20. The molecule has 1 aliphatic rings. The molecule has 1 fully saturated rings. The molecule has 18 heavy (non-hydrogen) atoms. The average Bonchev–Trinajstić information content (AvgIpc) is 3.09. The fourth-order valence-electron chi connectivity index (χ4n) is 2.20. The zero-order chi connectivity index (χ0) is 14.2. The predicted octanol–water partition coefficient (Wildman–Crippen LogP) is 2.26. The third-order valence-electron chi connectivity index (χ3n) is 3.09. The van der Waals surface area contributed by atoms with Crippen LogP contribution in [-0.2, 0) is 10.0 Å². The van der Waals surface area contributed by atoms with Gasteiger partial charge < -0.3 is 13.3 Å². The average molecular weight is 266 g/mol. The first kappa shape index (κ1) is 9.35. The second-order valence-electron chi connectivity index (χ2n) is 4.21. The van der Waals surface area contributed by atoms with Gasteiger partial charge in [-0.1, -0.05) is 6.42 Å². The van der Waals surface area contributed by atoms with Crippen LogP contribution in [0.15, 0.2) is 45.6 Å². The van der Waals surface area contributed by atoms with Crippen molar-refractivity contribution in [2.24, 2.45) is 0 Å². The molecule has 1 saturated heterocycles. The quantitative estimate of drug-likeness (QED) is 0.631. The van der Waals surface area contributed by atoms with Crippen molar-refractivity contribution < 1.29 is 18.1 Å². The molecule has 0 radical (unpaired) electrons. The van der Waals surface area contributed by atoms with E-state index < -0.39 is 15.2 Å². The number of furan rings is 2. The largest absolute Gasteiger partial charge is 0.466 e. The topological polar surface area (TPSA) is 52.6 Å². The molecule has 0 saturated carbocycles. The minimum absolute atomic E-state index is 0.160. The molecule has 0 amide bonds. The molecule has 0 aliphatic carbocycles. The molecule has 4 nitrogen and oxygen atoms in total. The van der Waals surface area contributed by atoms with E-state index in [-0.39, 0.29) is 11.5 Å². The third-order valence-corrected chi connectivity index (χ3v) is 4.14. The van der Waals surface area contributed by atoms with E-state index in [1.807, 2.05) is 0 Å². The molecule has 1 aliphatic heterocycles. The minimum Gasteiger partial charge on any atom is -0.466 e. The Bertz CT molecular complexity index is 594. The lowest BCUT2D eigenvalue weighted by molar-refractivity contribution is 0.0211. The molecular formula is C13H14O4Si. The lowest BCUT2D eigenvalue weighted by atomic mass is 9.88. The molecule has 0 bridgehead atoms. The van der Waals surface area contributed by atoms with Crippen molar-refractivity contribution in [2.75, 3.05) is 0 Å². The normalized spacial score (nSPS) is 28.4. The van der Waals surface area contributed by atoms with Crippen molar-refractivity contribution in [3.8, 4) is 0 Å². The summed E-state index contributed by atoms with van der Waals surface area (Å²) in [5.41, 5.74) is -1.39. The Balaban J connectivity index is 2.07. The highest BCUT2D eigenvalue weighted by Gasteiger charge is 2.46. The highest BCUT2D eigenvalue weighted by molar-refractivity contribution is 6.28. The molecule has 5 heteroatoms. The summed E-state index contributed by atoms with van der Waals surface area (Å²) in [5, 5.41) is 0. The number of hydrogen-bond acceptors (Lipinski definition) is 4. The Morgan fingerprint density at radius 2 is 2.17 bits per heavy atom. The van der Waals surface area contributed by atoms with Crippen LogP contribution in [0.5, 0.6) is 0 Å². The van der Waals surface area contributed by atoms with Gasteiger partial charge in [0, 0.05) is 2.47 Å². The van der Waals surface area contributed by atoms with Crippen LogP contribution in [0.4, 0.5) is 0 Å². The predicted molar refractivity (Wildman–Crippen MR) is 67.1 cm³/mol. The number of carbonyl (C=O) groups excluding carboxylic acids is 1. The summed E-state index contributed by atoms with van der Waals surface area (Å²) in [6.45, 7) is 0. The van der Waals surface area contributed by atoms with E-state index in [4.69, 9.17) is 15.7 Å². The zero-order valence-corrected chi connectivity index (χ0v) is 10.7. The van der Waals surface area contributed by atoms with Gasteiger partial charge in [-0.2, -0.15) is 0 Å². The monoisotopic (exact) mass is 266 g/mol. The molecule has 94 valence electrons. The second kappa shape index (κ2) is 4.59. The maximum absolute atomic E-state index is 12.7. The fraction of sp³-hybridized carbons (Fsp3) is 0.308.